The van der Waals surface area contributed by atoms with E-state index in [-0.39, 0.29) is 6.03 Å². The fraction of sp³-hybridized carbons (Fsp3) is 0.381. The molecule has 2 aromatic rings. The number of morpholine rings is 1. The molecule has 0 aliphatic carbocycles. The van der Waals surface area contributed by atoms with Crippen LogP contribution in [0.4, 0.5) is 10.5 Å². The van der Waals surface area contributed by atoms with Crippen molar-refractivity contribution in [1.82, 2.24) is 10.2 Å². The second-order valence-electron chi connectivity index (χ2n) is 6.59. The fourth-order valence-corrected chi connectivity index (χ4v) is 3.13. The number of ether oxygens (including phenoxy) is 2. The number of hydrogen-bond acceptors (Lipinski definition) is 4. The molecule has 6 heteroatoms. The first-order valence-electron chi connectivity index (χ1n) is 9.20. The maximum absolute atomic E-state index is 12.4. The van der Waals surface area contributed by atoms with Gasteiger partial charge in [-0.05, 0) is 23.8 Å². The molecule has 2 aromatic carbocycles. The summed E-state index contributed by atoms with van der Waals surface area (Å²) in [5.41, 5.74) is 3.25. The standard InChI is InChI=1S/C21H27N3O3/c1-23(21(25)22-15-18-5-3-4-6-20(18)26-2)16-17-7-9-19(10-8-17)24-11-13-27-14-12-24/h3-10H,11-16H2,1-2H3,(H,22,25). The van der Waals surface area contributed by atoms with Crippen LogP contribution in [0.1, 0.15) is 11.1 Å². The van der Waals surface area contributed by atoms with Crippen LogP contribution in [0, 0.1) is 0 Å². The van der Waals surface area contributed by atoms with Crippen molar-refractivity contribution in [3.63, 3.8) is 0 Å². The Labute approximate surface area is 160 Å². The second-order valence-corrected chi connectivity index (χ2v) is 6.59. The van der Waals surface area contributed by atoms with E-state index in [4.69, 9.17) is 9.47 Å². The van der Waals surface area contributed by atoms with E-state index in [1.165, 1.54) is 5.69 Å². The van der Waals surface area contributed by atoms with Crippen molar-refractivity contribution >= 4 is 11.7 Å². The Morgan fingerprint density at radius 3 is 2.56 bits per heavy atom. The lowest BCUT2D eigenvalue weighted by molar-refractivity contribution is 0.122. The molecule has 0 bridgehead atoms. The largest absolute Gasteiger partial charge is 0.496 e. The van der Waals surface area contributed by atoms with Gasteiger partial charge in [0.15, 0.2) is 0 Å². The number of amides is 2. The van der Waals surface area contributed by atoms with E-state index < -0.39 is 0 Å². The highest BCUT2D eigenvalue weighted by atomic mass is 16.5. The van der Waals surface area contributed by atoms with Crippen LogP contribution in [0.25, 0.3) is 0 Å². The van der Waals surface area contributed by atoms with E-state index in [9.17, 15) is 4.79 Å². The van der Waals surface area contributed by atoms with E-state index in [0.29, 0.717) is 13.1 Å². The van der Waals surface area contributed by atoms with Crippen LogP contribution in [0.15, 0.2) is 48.5 Å². The minimum atomic E-state index is -0.113. The van der Waals surface area contributed by atoms with Gasteiger partial charge in [-0.25, -0.2) is 4.79 Å². The zero-order valence-corrected chi connectivity index (χ0v) is 16.0. The molecule has 27 heavy (non-hydrogen) atoms. The van der Waals surface area contributed by atoms with Gasteiger partial charge in [-0.2, -0.15) is 0 Å². The molecule has 0 aromatic heterocycles. The summed E-state index contributed by atoms with van der Waals surface area (Å²) in [6.07, 6.45) is 0. The molecular weight excluding hydrogens is 342 g/mol. The summed E-state index contributed by atoms with van der Waals surface area (Å²) in [5, 5.41) is 2.94. The predicted molar refractivity (Wildman–Crippen MR) is 106 cm³/mol. The van der Waals surface area contributed by atoms with Gasteiger partial charge >= 0.3 is 6.03 Å². The van der Waals surface area contributed by atoms with Crippen LogP contribution in [0.2, 0.25) is 0 Å². The van der Waals surface area contributed by atoms with Crippen molar-refractivity contribution in [1.29, 1.82) is 0 Å². The summed E-state index contributed by atoms with van der Waals surface area (Å²) in [5.74, 6) is 0.777. The summed E-state index contributed by atoms with van der Waals surface area (Å²) < 4.78 is 10.7. The number of nitrogens with zero attached hydrogens (tertiary/aromatic N) is 2. The first-order valence-corrected chi connectivity index (χ1v) is 9.20. The number of methoxy groups -OCH3 is 1. The number of para-hydroxylation sites is 1. The van der Waals surface area contributed by atoms with Crippen molar-refractivity contribution in [3.05, 3.63) is 59.7 Å². The lowest BCUT2D eigenvalue weighted by Gasteiger charge is -2.29. The Balaban J connectivity index is 1.51. The number of carbonyl (C=O) groups excluding carboxylic acids is 1. The topological polar surface area (TPSA) is 54.0 Å². The summed E-state index contributed by atoms with van der Waals surface area (Å²) in [7, 11) is 3.43. The van der Waals surface area contributed by atoms with E-state index >= 15 is 0 Å². The molecule has 0 atom stereocenters. The first-order chi connectivity index (χ1) is 13.2. The average Bonchev–Trinajstić information content (AvgIpc) is 2.73. The molecule has 1 fully saturated rings. The number of rotatable bonds is 6. The Morgan fingerprint density at radius 1 is 1.15 bits per heavy atom. The SMILES string of the molecule is COc1ccccc1CNC(=O)N(C)Cc1ccc(N2CCOCC2)cc1. The van der Waals surface area contributed by atoms with Gasteiger partial charge in [0.05, 0.1) is 20.3 Å². The maximum Gasteiger partial charge on any atom is 0.317 e. The van der Waals surface area contributed by atoms with E-state index in [0.717, 1.165) is 43.2 Å². The third kappa shape index (κ3) is 5.14. The lowest BCUT2D eigenvalue weighted by atomic mass is 10.2. The number of nitrogens with one attached hydrogen (secondary N) is 1. The van der Waals surface area contributed by atoms with Crippen LogP contribution >= 0.6 is 0 Å². The Bertz CT molecular complexity index is 743. The monoisotopic (exact) mass is 369 g/mol. The van der Waals surface area contributed by atoms with Gasteiger partial charge in [-0.1, -0.05) is 30.3 Å². The third-order valence-corrected chi connectivity index (χ3v) is 4.70. The molecule has 144 valence electrons. The van der Waals surface area contributed by atoms with Gasteiger partial charge in [0.2, 0.25) is 0 Å². The van der Waals surface area contributed by atoms with Crippen LogP contribution < -0.4 is 15.0 Å². The molecule has 1 saturated heterocycles. The fourth-order valence-electron chi connectivity index (χ4n) is 3.13. The summed E-state index contributed by atoms with van der Waals surface area (Å²) in [6.45, 7) is 4.38. The summed E-state index contributed by atoms with van der Waals surface area (Å²) in [6, 6.07) is 16.0. The molecule has 0 unspecified atom stereocenters. The highest BCUT2D eigenvalue weighted by molar-refractivity contribution is 5.74. The molecule has 6 nitrogen and oxygen atoms in total. The van der Waals surface area contributed by atoms with Gasteiger partial charge in [0.25, 0.3) is 0 Å². The molecule has 0 radical (unpaired) electrons. The third-order valence-electron chi connectivity index (χ3n) is 4.70. The molecule has 2 amide bonds. The molecule has 1 heterocycles. The van der Waals surface area contributed by atoms with Crippen molar-refractivity contribution in [2.75, 3.05) is 45.4 Å². The lowest BCUT2D eigenvalue weighted by Crippen LogP contribution is -2.36. The number of carbonyl (C=O) groups is 1. The molecule has 1 aliphatic rings. The summed E-state index contributed by atoms with van der Waals surface area (Å²) in [4.78, 5) is 16.4. The number of hydrogen-bond donors (Lipinski definition) is 1. The van der Waals surface area contributed by atoms with Crippen molar-refractivity contribution in [3.8, 4) is 5.75 Å². The van der Waals surface area contributed by atoms with Crippen LogP contribution in [0.3, 0.4) is 0 Å². The normalized spacial score (nSPS) is 13.9. The van der Waals surface area contributed by atoms with E-state index in [1.807, 2.05) is 24.3 Å². The van der Waals surface area contributed by atoms with Gasteiger partial charge in [-0.15, -0.1) is 0 Å². The van der Waals surface area contributed by atoms with E-state index in [1.54, 1.807) is 19.1 Å². The minimum Gasteiger partial charge on any atom is -0.496 e. The minimum absolute atomic E-state index is 0.113. The second kappa shape index (κ2) is 9.28. The van der Waals surface area contributed by atoms with Gasteiger partial charge in [0.1, 0.15) is 5.75 Å². The van der Waals surface area contributed by atoms with Crippen LogP contribution in [-0.4, -0.2) is 51.4 Å². The number of benzene rings is 2. The maximum atomic E-state index is 12.4. The average molecular weight is 369 g/mol. The predicted octanol–water partition coefficient (Wildman–Crippen LogP) is 2.87. The van der Waals surface area contributed by atoms with Crippen molar-refractivity contribution < 1.29 is 14.3 Å². The quantitative estimate of drug-likeness (QED) is 0.851. The highest BCUT2D eigenvalue weighted by Crippen LogP contribution is 2.18. The van der Waals surface area contributed by atoms with Gasteiger partial charge < -0.3 is 24.6 Å². The van der Waals surface area contributed by atoms with Crippen molar-refractivity contribution in [2.45, 2.75) is 13.1 Å². The summed E-state index contributed by atoms with van der Waals surface area (Å²) >= 11 is 0. The molecule has 1 aliphatic heterocycles. The van der Waals surface area contributed by atoms with Gasteiger partial charge in [-0.3, -0.25) is 0 Å². The zero-order chi connectivity index (χ0) is 19.1. The molecule has 0 spiro atoms. The van der Waals surface area contributed by atoms with Crippen LogP contribution in [0.5, 0.6) is 5.75 Å². The first kappa shape index (κ1) is 19.0. The smallest absolute Gasteiger partial charge is 0.317 e. The zero-order valence-electron chi connectivity index (χ0n) is 16.0. The van der Waals surface area contributed by atoms with Crippen LogP contribution in [-0.2, 0) is 17.8 Å². The molecular formula is C21H27N3O3. The molecule has 1 N–H and O–H groups in total. The van der Waals surface area contributed by atoms with Crippen molar-refractivity contribution in [2.24, 2.45) is 0 Å². The van der Waals surface area contributed by atoms with Gasteiger partial charge in [0, 0.05) is 44.5 Å². The van der Waals surface area contributed by atoms with E-state index in [2.05, 4.69) is 34.5 Å². The Hall–Kier alpha value is -2.73. The molecule has 0 saturated carbocycles. The number of urea groups is 1. The highest BCUT2D eigenvalue weighted by Gasteiger charge is 2.13. The Morgan fingerprint density at radius 2 is 1.85 bits per heavy atom. The number of anilines is 1. The molecule has 3 rings (SSSR count). The Kier molecular flexibility index (Phi) is 6.54.